The number of nitrogens with zero attached hydrogens (tertiary/aromatic N) is 3. The predicted molar refractivity (Wildman–Crippen MR) is 81.7 cm³/mol. The van der Waals surface area contributed by atoms with Gasteiger partial charge in [-0.2, -0.15) is 5.10 Å². The van der Waals surface area contributed by atoms with Crippen LogP contribution in [-0.2, 0) is 13.5 Å². The minimum absolute atomic E-state index is 0.297. The molecule has 0 spiro atoms. The molecule has 1 N–H and O–H groups in total. The first kappa shape index (κ1) is 14.7. The first-order valence-electron chi connectivity index (χ1n) is 7.25. The molecule has 2 aromatic rings. The normalized spacial score (nSPS) is 12.6. The number of aromatic nitrogens is 3. The van der Waals surface area contributed by atoms with E-state index in [4.69, 9.17) is 0 Å². The molecular formula is C16H24N4. The van der Waals surface area contributed by atoms with Crippen molar-refractivity contribution in [2.75, 3.05) is 6.54 Å². The summed E-state index contributed by atoms with van der Waals surface area (Å²) >= 11 is 0. The predicted octanol–water partition coefficient (Wildman–Crippen LogP) is 2.72. The van der Waals surface area contributed by atoms with Gasteiger partial charge < -0.3 is 5.32 Å². The molecule has 0 saturated carbocycles. The molecule has 0 saturated heterocycles. The van der Waals surface area contributed by atoms with E-state index in [0.29, 0.717) is 6.04 Å². The molecule has 4 nitrogen and oxygen atoms in total. The zero-order valence-corrected chi connectivity index (χ0v) is 12.8. The maximum Gasteiger partial charge on any atom is 0.0643 e. The molecule has 2 heterocycles. The van der Waals surface area contributed by atoms with Crippen molar-refractivity contribution < 1.29 is 0 Å². The molecule has 1 atom stereocenters. The van der Waals surface area contributed by atoms with Crippen LogP contribution in [0.15, 0.2) is 24.4 Å². The molecule has 0 aliphatic heterocycles. The van der Waals surface area contributed by atoms with Gasteiger partial charge in [-0.3, -0.25) is 9.67 Å². The van der Waals surface area contributed by atoms with E-state index in [1.54, 1.807) is 0 Å². The Balaban J connectivity index is 2.21. The van der Waals surface area contributed by atoms with Gasteiger partial charge in [0, 0.05) is 37.1 Å². The Morgan fingerprint density at radius 1 is 1.25 bits per heavy atom. The highest BCUT2D eigenvalue weighted by molar-refractivity contribution is 5.25. The van der Waals surface area contributed by atoms with E-state index in [-0.39, 0.29) is 0 Å². The van der Waals surface area contributed by atoms with E-state index in [1.807, 2.05) is 31.8 Å². The summed E-state index contributed by atoms with van der Waals surface area (Å²) < 4.78 is 1.86. The van der Waals surface area contributed by atoms with Crippen molar-refractivity contribution in [2.45, 2.75) is 39.7 Å². The van der Waals surface area contributed by atoms with E-state index in [0.717, 1.165) is 36.5 Å². The van der Waals surface area contributed by atoms with E-state index in [9.17, 15) is 0 Å². The third-order valence-electron chi connectivity index (χ3n) is 3.33. The first-order chi connectivity index (χ1) is 9.58. The summed E-state index contributed by atoms with van der Waals surface area (Å²) in [6.45, 7) is 7.30. The molecular weight excluding hydrogens is 248 g/mol. The number of hydrogen-bond donors (Lipinski definition) is 1. The third-order valence-corrected chi connectivity index (χ3v) is 3.33. The maximum absolute atomic E-state index is 4.49. The van der Waals surface area contributed by atoms with Gasteiger partial charge in [-0.25, -0.2) is 0 Å². The highest BCUT2D eigenvalue weighted by Crippen LogP contribution is 2.19. The molecule has 108 valence electrons. The molecule has 2 rings (SSSR count). The van der Waals surface area contributed by atoms with Crippen LogP contribution in [-0.4, -0.2) is 21.3 Å². The van der Waals surface area contributed by atoms with Gasteiger partial charge in [0.1, 0.15) is 0 Å². The zero-order chi connectivity index (χ0) is 14.5. The Bertz CT molecular complexity index is 539. The maximum atomic E-state index is 4.49. The SMILES string of the molecule is CCCNC(Cc1ccn(C)n1)c1cc(C)nc(C)c1. The smallest absolute Gasteiger partial charge is 0.0643 e. The monoisotopic (exact) mass is 272 g/mol. The first-order valence-corrected chi connectivity index (χ1v) is 7.25. The van der Waals surface area contributed by atoms with E-state index >= 15 is 0 Å². The standard InChI is InChI=1S/C16H24N4/c1-5-7-17-16(11-15-6-8-20(4)19-15)14-9-12(2)18-13(3)10-14/h6,8-10,16-17H,5,7,11H2,1-4H3. The Hall–Kier alpha value is -1.68. The average molecular weight is 272 g/mol. The van der Waals surface area contributed by atoms with Crippen LogP contribution in [0, 0.1) is 13.8 Å². The molecule has 4 heteroatoms. The fourth-order valence-corrected chi connectivity index (χ4v) is 2.48. The summed E-state index contributed by atoms with van der Waals surface area (Å²) in [5.74, 6) is 0. The van der Waals surface area contributed by atoms with Gasteiger partial charge in [0.05, 0.1) is 5.69 Å². The van der Waals surface area contributed by atoms with Gasteiger partial charge in [-0.05, 0) is 50.6 Å². The molecule has 0 bridgehead atoms. The molecule has 0 aliphatic carbocycles. The topological polar surface area (TPSA) is 42.7 Å². The molecule has 2 aromatic heterocycles. The molecule has 0 radical (unpaired) electrons. The lowest BCUT2D eigenvalue weighted by Gasteiger charge is -2.19. The quantitative estimate of drug-likeness (QED) is 0.879. The highest BCUT2D eigenvalue weighted by Gasteiger charge is 2.14. The van der Waals surface area contributed by atoms with Crippen molar-refractivity contribution in [3.63, 3.8) is 0 Å². The Labute approximate surface area is 121 Å². The van der Waals surface area contributed by atoms with Gasteiger partial charge in [-0.1, -0.05) is 6.92 Å². The van der Waals surface area contributed by atoms with Crippen LogP contribution >= 0.6 is 0 Å². The van der Waals surface area contributed by atoms with Gasteiger partial charge >= 0.3 is 0 Å². The summed E-state index contributed by atoms with van der Waals surface area (Å²) in [4.78, 5) is 4.46. The molecule has 20 heavy (non-hydrogen) atoms. The number of rotatable bonds is 6. The van der Waals surface area contributed by atoms with Gasteiger partial charge in [0.2, 0.25) is 0 Å². The summed E-state index contributed by atoms with van der Waals surface area (Å²) in [5.41, 5.74) is 4.57. The summed E-state index contributed by atoms with van der Waals surface area (Å²) in [5, 5.41) is 8.11. The van der Waals surface area contributed by atoms with Crippen molar-refractivity contribution in [3.8, 4) is 0 Å². The summed E-state index contributed by atoms with van der Waals surface area (Å²) in [6, 6.07) is 6.72. The van der Waals surface area contributed by atoms with E-state index in [2.05, 4.69) is 40.5 Å². The Morgan fingerprint density at radius 2 is 1.95 bits per heavy atom. The minimum atomic E-state index is 0.297. The van der Waals surface area contributed by atoms with Crippen LogP contribution in [0.4, 0.5) is 0 Å². The lowest BCUT2D eigenvalue weighted by molar-refractivity contribution is 0.520. The van der Waals surface area contributed by atoms with Gasteiger partial charge in [-0.15, -0.1) is 0 Å². The van der Waals surface area contributed by atoms with Gasteiger partial charge in [0.15, 0.2) is 0 Å². The van der Waals surface area contributed by atoms with E-state index < -0.39 is 0 Å². The largest absolute Gasteiger partial charge is 0.310 e. The molecule has 0 fully saturated rings. The van der Waals surface area contributed by atoms with Crippen molar-refractivity contribution in [2.24, 2.45) is 7.05 Å². The second-order valence-corrected chi connectivity index (χ2v) is 5.37. The minimum Gasteiger partial charge on any atom is -0.310 e. The number of nitrogens with one attached hydrogen (secondary N) is 1. The van der Waals surface area contributed by atoms with Crippen molar-refractivity contribution in [3.05, 3.63) is 47.0 Å². The fraction of sp³-hybridized carbons (Fsp3) is 0.500. The molecule has 0 aromatic carbocycles. The van der Waals surface area contributed by atoms with E-state index in [1.165, 1.54) is 5.56 Å². The second-order valence-electron chi connectivity index (χ2n) is 5.37. The van der Waals surface area contributed by atoms with Crippen LogP contribution in [0.25, 0.3) is 0 Å². The van der Waals surface area contributed by atoms with Crippen LogP contribution in [0.2, 0.25) is 0 Å². The lowest BCUT2D eigenvalue weighted by Crippen LogP contribution is -2.24. The second kappa shape index (κ2) is 6.66. The number of hydrogen-bond acceptors (Lipinski definition) is 3. The van der Waals surface area contributed by atoms with Gasteiger partial charge in [0.25, 0.3) is 0 Å². The molecule has 0 aliphatic rings. The fourth-order valence-electron chi connectivity index (χ4n) is 2.48. The molecule has 1 unspecified atom stereocenters. The Morgan fingerprint density at radius 3 is 2.50 bits per heavy atom. The van der Waals surface area contributed by atoms with Crippen molar-refractivity contribution >= 4 is 0 Å². The van der Waals surface area contributed by atoms with Crippen molar-refractivity contribution in [1.29, 1.82) is 0 Å². The zero-order valence-electron chi connectivity index (χ0n) is 12.8. The third kappa shape index (κ3) is 3.90. The van der Waals surface area contributed by atoms with Crippen LogP contribution < -0.4 is 5.32 Å². The molecule has 0 amide bonds. The lowest BCUT2D eigenvalue weighted by atomic mass is 10.0. The number of aryl methyl sites for hydroxylation is 3. The highest BCUT2D eigenvalue weighted by atomic mass is 15.2. The number of pyridine rings is 1. The summed E-state index contributed by atoms with van der Waals surface area (Å²) in [6.07, 6.45) is 4.03. The van der Waals surface area contributed by atoms with Crippen molar-refractivity contribution in [1.82, 2.24) is 20.1 Å². The van der Waals surface area contributed by atoms with Crippen LogP contribution in [0.5, 0.6) is 0 Å². The van der Waals surface area contributed by atoms with Crippen LogP contribution in [0.1, 0.15) is 42.0 Å². The van der Waals surface area contributed by atoms with Crippen LogP contribution in [0.3, 0.4) is 0 Å². The average Bonchev–Trinajstić information content (AvgIpc) is 2.79. The Kier molecular flexibility index (Phi) is 4.90. The summed E-state index contributed by atoms with van der Waals surface area (Å²) in [7, 11) is 1.96.